The molecule has 0 aromatic rings. The number of hydrogen-bond donors (Lipinski definition) is 1. The van der Waals surface area contributed by atoms with Crippen LogP contribution in [0.5, 0.6) is 0 Å². The minimum atomic E-state index is -0.712. The minimum absolute atomic E-state index is 0.252. The molecule has 0 radical (unpaired) electrons. The summed E-state index contributed by atoms with van der Waals surface area (Å²) in [5.41, 5.74) is 0.0816. The molecule has 5 heteroatoms. The van der Waals surface area contributed by atoms with E-state index in [1.165, 1.54) is 11.8 Å². The molecular formula is C12H13N3OS. The number of nitriles is 2. The van der Waals surface area contributed by atoms with Gasteiger partial charge in [-0.15, -0.1) is 11.8 Å². The van der Waals surface area contributed by atoms with Crippen LogP contribution in [0, 0.1) is 34.0 Å². The quantitative estimate of drug-likeness (QED) is 0.768. The summed E-state index contributed by atoms with van der Waals surface area (Å²) in [6, 6.07) is 4.30. The molecule has 1 N–H and O–H groups in total. The van der Waals surface area contributed by atoms with Crippen molar-refractivity contribution in [3.63, 3.8) is 0 Å². The lowest BCUT2D eigenvalue weighted by molar-refractivity contribution is -0.126. The average Bonchev–Trinajstić information content (AvgIpc) is 2.78. The summed E-state index contributed by atoms with van der Waals surface area (Å²) in [6.07, 6.45) is 5.34. The van der Waals surface area contributed by atoms with E-state index in [2.05, 4.69) is 17.5 Å². The predicted octanol–water partition coefficient (Wildman–Crippen LogP) is 1.91. The summed E-state index contributed by atoms with van der Waals surface area (Å²) in [4.78, 5) is 11.9. The Bertz CT molecular complexity index is 463. The van der Waals surface area contributed by atoms with Crippen LogP contribution < -0.4 is 5.32 Å². The third-order valence-electron chi connectivity index (χ3n) is 3.72. The van der Waals surface area contributed by atoms with Crippen LogP contribution in [0.15, 0.2) is 10.6 Å². The molecule has 1 atom stereocenters. The van der Waals surface area contributed by atoms with Crippen molar-refractivity contribution in [3.05, 3.63) is 10.6 Å². The summed E-state index contributed by atoms with van der Waals surface area (Å²) >= 11 is 1.37. The SMILES string of the molecule is CSC1=C(C#N)C2(CCCC2)[C@@H](C#N)C(=O)N1. The Hall–Kier alpha value is -1.46. The van der Waals surface area contributed by atoms with Gasteiger partial charge in [0.1, 0.15) is 5.92 Å². The van der Waals surface area contributed by atoms with Crippen LogP contribution >= 0.6 is 11.8 Å². The molecule has 0 saturated heterocycles. The lowest BCUT2D eigenvalue weighted by Gasteiger charge is -2.37. The van der Waals surface area contributed by atoms with E-state index in [0.717, 1.165) is 25.7 Å². The van der Waals surface area contributed by atoms with Crippen molar-refractivity contribution in [2.24, 2.45) is 11.3 Å². The van der Waals surface area contributed by atoms with E-state index >= 15 is 0 Å². The molecule has 0 aromatic carbocycles. The Morgan fingerprint density at radius 1 is 1.41 bits per heavy atom. The number of amides is 1. The fraction of sp³-hybridized carbons (Fsp3) is 0.583. The summed E-state index contributed by atoms with van der Waals surface area (Å²) in [5, 5.41) is 21.9. The second-order valence-corrected chi connectivity index (χ2v) is 5.25. The van der Waals surface area contributed by atoms with Crippen molar-refractivity contribution in [2.75, 3.05) is 6.26 Å². The standard InChI is InChI=1S/C12H13N3OS/c1-17-11-9(7-14)12(4-2-3-5-12)8(6-13)10(16)15-11/h8H,2-5H2,1H3,(H,15,16)/t8-/m0/s1. The Kier molecular flexibility index (Phi) is 3.13. The zero-order valence-electron chi connectivity index (χ0n) is 9.62. The first-order valence-electron chi connectivity index (χ1n) is 5.59. The molecule has 1 aliphatic heterocycles. The van der Waals surface area contributed by atoms with Gasteiger partial charge in [0.25, 0.3) is 0 Å². The smallest absolute Gasteiger partial charge is 0.243 e. The van der Waals surface area contributed by atoms with Crippen LogP contribution in [0.4, 0.5) is 0 Å². The highest BCUT2D eigenvalue weighted by Gasteiger charge is 2.52. The van der Waals surface area contributed by atoms with Gasteiger partial charge in [-0.3, -0.25) is 4.79 Å². The summed E-state index contributed by atoms with van der Waals surface area (Å²) in [7, 11) is 0. The van der Waals surface area contributed by atoms with Gasteiger partial charge in [-0.05, 0) is 19.1 Å². The molecule has 0 unspecified atom stereocenters. The van der Waals surface area contributed by atoms with Crippen LogP contribution in [0.2, 0.25) is 0 Å². The normalized spacial score (nSPS) is 26.5. The number of allylic oxidation sites excluding steroid dienone is 1. The molecule has 17 heavy (non-hydrogen) atoms. The molecule has 1 saturated carbocycles. The van der Waals surface area contributed by atoms with Gasteiger partial charge in [-0.1, -0.05) is 12.8 Å². The molecule has 0 aromatic heterocycles. The fourth-order valence-electron chi connectivity index (χ4n) is 2.91. The maximum atomic E-state index is 11.9. The van der Waals surface area contributed by atoms with Gasteiger partial charge in [-0.2, -0.15) is 10.5 Å². The molecule has 4 nitrogen and oxygen atoms in total. The number of rotatable bonds is 1. The second kappa shape index (κ2) is 4.43. The highest BCUT2D eigenvalue weighted by atomic mass is 32.2. The van der Waals surface area contributed by atoms with Crippen molar-refractivity contribution in [3.8, 4) is 12.1 Å². The Labute approximate surface area is 105 Å². The van der Waals surface area contributed by atoms with Gasteiger partial charge in [0.2, 0.25) is 5.91 Å². The van der Waals surface area contributed by atoms with Crippen LogP contribution in [0.1, 0.15) is 25.7 Å². The maximum Gasteiger partial charge on any atom is 0.243 e. The van der Waals surface area contributed by atoms with Crippen molar-refractivity contribution in [1.82, 2.24) is 5.32 Å². The van der Waals surface area contributed by atoms with E-state index in [0.29, 0.717) is 10.6 Å². The van der Waals surface area contributed by atoms with Crippen LogP contribution in [-0.2, 0) is 4.79 Å². The molecule has 0 bridgehead atoms. The number of nitrogens with zero attached hydrogens (tertiary/aromatic N) is 2. The first-order chi connectivity index (χ1) is 8.19. The van der Waals surface area contributed by atoms with Crippen molar-refractivity contribution in [2.45, 2.75) is 25.7 Å². The van der Waals surface area contributed by atoms with Crippen molar-refractivity contribution in [1.29, 1.82) is 10.5 Å². The molecule has 1 aliphatic carbocycles. The first kappa shape index (κ1) is 12.0. The van der Waals surface area contributed by atoms with Gasteiger partial charge in [0.15, 0.2) is 0 Å². The van der Waals surface area contributed by atoms with E-state index in [1.54, 1.807) is 0 Å². The molecule has 1 heterocycles. The highest BCUT2D eigenvalue weighted by Crippen LogP contribution is 2.53. The van der Waals surface area contributed by atoms with Gasteiger partial charge in [0, 0.05) is 5.41 Å². The van der Waals surface area contributed by atoms with E-state index in [9.17, 15) is 15.3 Å². The first-order valence-corrected chi connectivity index (χ1v) is 6.81. The van der Waals surface area contributed by atoms with Crippen LogP contribution in [-0.4, -0.2) is 12.2 Å². The second-order valence-electron chi connectivity index (χ2n) is 4.43. The number of thioether (sulfide) groups is 1. The molecule has 2 aliphatic rings. The third kappa shape index (κ3) is 1.62. The molecule has 1 spiro atoms. The maximum absolute atomic E-state index is 11.9. The number of hydrogen-bond acceptors (Lipinski definition) is 4. The van der Waals surface area contributed by atoms with E-state index < -0.39 is 11.3 Å². The summed E-state index contributed by atoms with van der Waals surface area (Å²) < 4.78 is 0. The third-order valence-corrected chi connectivity index (χ3v) is 4.43. The van der Waals surface area contributed by atoms with Gasteiger partial charge < -0.3 is 5.32 Å². The number of carbonyl (C=O) groups is 1. The molecular weight excluding hydrogens is 234 g/mol. The number of nitrogens with one attached hydrogen (secondary N) is 1. The zero-order chi connectivity index (χ0) is 12.5. The molecule has 1 fully saturated rings. The zero-order valence-corrected chi connectivity index (χ0v) is 10.4. The Morgan fingerprint density at radius 3 is 2.53 bits per heavy atom. The summed E-state index contributed by atoms with van der Waals surface area (Å²) in [5.74, 6) is -0.965. The topological polar surface area (TPSA) is 76.7 Å². The van der Waals surface area contributed by atoms with Crippen LogP contribution in [0.3, 0.4) is 0 Å². The van der Waals surface area contributed by atoms with E-state index in [1.807, 2.05) is 6.26 Å². The van der Waals surface area contributed by atoms with Crippen molar-refractivity contribution >= 4 is 17.7 Å². The van der Waals surface area contributed by atoms with Crippen LogP contribution in [0.25, 0.3) is 0 Å². The monoisotopic (exact) mass is 247 g/mol. The van der Waals surface area contributed by atoms with Crippen molar-refractivity contribution < 1.29 is 4.79 Å². The Balaban J connectivity index is 2.59. The van der Waals surface area contributed by atoms with Gasteiger partial charge in [-0.25, -0.2) is 0 Å². The van der Waals surface area contributed by atoms with Gasteiger partial charge in [0.05, 0.1) is 22.7 Å². The molecule has 88 valence electrons. The van der Waals surface area contributed by atoms with E-state index in [-0.39, 0.29) is 5.91 Å². The fourth-order valence-corrected chi connectivity index (χ4v) is 3.57. The number of carbonyl (C=O) groups excluding carboxylic acids is 1. The predicted molar refractivity (Wildman–Crippen MR) is 64.3 cm³/mol. The molecule has 2 rings (SSSR count). The lowest BCUT2D eigenvalue weighted by atomic mass is 9.67. The largest absolute Gasteiger partial charge is 0.319 e. The van der Waals surface area contributed by atoms with Gasteiger partial charge >= 0.3 is 0 Å². The molecule has 1 amide bonds. The highest BCUT2D eigenvalue weighted by molar-refractivity contribution is 8.02. The lowest BCUT2D eigenvalue weighted by Crippen LogP contribution is -2.46. The minimum Gasteiger partial charge on any atom is -0.319 e. The Morgan fingerprint density at radius 2 is 2.06 bits per heavy atom. The summed E-state index contributed by atoms with van der Waals surface area (Å²) in [6.45, 7) is 0. The van der Waals surface area contributed by atoms with E-state index in [4.69, 9.17) is 0 Å². The average molecular weight is 247 g/mol.